The van der Waals surface area contributed by atoms with Crippen molar-refractivity contribution in [1.29, 1.82) is 0 Å². The van der Waals surface area contributed by atoms with Crippen molar-refractivity contribution in [1.82, 2.24) is 14.7 Å². The second-order valence-corrected chi connectivity index (χ2v) is 5.18. The molecule has 2 aromatic rings. The first-order valence-corrected chi connectivity index (χ1v) is 7.00. The van der Waals surface area contributed by atoms with Crippen LogP contribution in [0.5, 0.6) is 0 Å². The lowest BCUT2D eigenvalue weighted by Crippen LogP contribution is -2.24. The largest absolute Gasteiger partial charge is 0.311 e. The first-order chi connectivity index (χ1) is 8.22. The van der Waals surface area contributed by atoms with Crippen molar-refractivity contribution >= 4 is 34.0 Å². The Bertz CT molecular complexity index is 515. The molecule has 1 unspecified atom stereocenters. The van der Waals surface area contributed by atoms with Gasteiger partial charge in [-0.1, -0.05) is 24.6 Å². The van der Waals surface area contributed by atoms with E-state index < -0.39 is 0 Å². The molecule has 0 aromatic carbocycles. The molecule has 17 heavy (non-hydrogen) atoms. The molecule has 0 saturated heterocycles. The number of nitrogens with zero attached hydrogens (tertiary/aromatic N) is 2. The molecule has 2 rings (SSSR count). The van der Waals surface area contributed by atoms with Crippen molar-refractivity contribution < 1.29 is 0 Å². The minimum Gasteiger partial charge on any atom is -0.311 e. The van der Waals surface area contributed by atoms with Gasteiger partial charge in [-0.15, -0.1) is 11.3 Å². The van der Waals surface area contributed by atoms with Crippen LogP contribution in [0.4, 0.5) is 0 Å². The minimum atomic E-state index is 0.343. The van der Waals surface area contributed by atoms with Crippen LogP contribution in [0.25, 0.3) is 11.0 Å². The fourth-order valence-electron chi connectivity index (χ4n) is 1.60. The van der Waals surface area contributed by atoms with Crippen molar-refractivity contribution in [3.8, 4) is 0 Å². The van der Waals surface area contributed by atoms with Gasteiger partial charge in [0.05, 0.1) is 5.69 Å². The molecule has 92 valence electrons. The third-order valence-corrected chi connectivity index (χ3v) is 3.55. The van der Waals surface area contributed by atoms with E-state index in [0.29, 0.717) is 11.2 Å². The van der Waals surface area contributed by atoms with Gasteiger partial charge in [0.25, 0.3) is 0 Å². The van der Waals surface area contributed by atoms with E-state index in [1.54, 1.807) is 11.3 Å². The summed E-state index contributed by atoms with van der Waals surface area (Å²) in [7, 11) is 0. The normalized spacial score (nSPS) is 13.8. The van der Waals surface area contributed by atoms with Crippen molar-refractivity contribution in [3.63, 3.8) is 0 Å². The summed E-state index contributed by atoms with van der Waals surface area (Å²) in [6.07, 6.45) is 7.27. The van der Waals surface area contributed by atoms with Crippen LogP contribution in [0, 0.1) is 0 Å². The summed E-state index contributed by atoms with van der Waals surface area (Å²) in [5.74, 6) is 0. The molecular formula is C12H16ClN3S. The molecular weight excluding hydrogens is 254 g/mol. The van der Waals surface area contributed by atoms with Crippen LogP contribution < -0.4 is 5.32 Å². The molecule has 0 fully saturated rings. The van der Waals surface area contributed by atoms with Gasteiger partial charge in [0.2, 0.25) is 0 Å². The van der Waals surface area contributed by atoms with Crippen molar-refractivity contribution in [3.05, 3.63) is 28.5 Å². The van der Waals surface area contributed by atoms with Crippen LogP contribution in [0.2, 0.25) is 5.15 Å². The Morgan fingerprint density at radius 3 is 3.24 bits per heavy atom. The molecule has 1 atom stereocenters. The molecule has 0 bridgehead atoms. The Balaban J connectivity index is 2.14. The second-order valence-electron chi connectivity index (χ2n) is 3.95. The third-order valence-electron chi connectivity index (χ3n) is 2.51. The van der Waals surface area contributed by atoms with E-state index in [4.69, 9.17) is 11.6 Å². The summed E-state index contributed by atoms with van der Waals surface area (Å²) >= 11 is 7.69. The number of rotatable bonds is 5. The van der Waals surface area contributed by atoms with Crippen LogP contribution in [0.3, 0.4) is 0 Å². The van der Waals surface area contributed by atoms with Gasteiger partial charge < -0.3 is 5.32 Å². The smallest absolute Gasteiger partial charge is 0.195 e. The summed E-state index contributed by atoms with van der Waals surface area (Å²) in [4.78, 5) is 5.22. The van der Waals surface area contributed by atoms with Crippen LogP contribution in [-0.2, 0) is 0 Å². The Morgan fingerprint density at radius 1 is 1.65 bits per heavy atom. The predicted molar refractivity (Wildman–Crippen MR) is 74.9 cm³/mol. The monoisotopic (exact) mass is 269 g/mol. The number of fused-ring (bicyclic) bond motifs is 1. The van der Waals surface area contributed by atoms with Crippen LogP contribution in [0.1, 0.15) is 26.0 Å². The molecule has 0 spiro atoms. The van der Waals surface area contributed by atoms with E-state index in [0.717, 1.165) is 23.6 Å². The number of aromatic nitrogens is 2. The number of nitrogens with one attached hydrogen (secondary N) is 1. The molecule has 3 nitrogen and oxygen atoms in total. The predicted octanol–water partition coefficient (Wildman–Crippen LogP) is 3.45. The number of imidazole rings is 1. The summed E-state index contributed by atoms with van der Waals surface area (Å²) in [6.45, 7) is 5.32. The molecule has 0 radical (unpaired) electrons. The van der Waals surface area contributed by atoms with Crippen LogP contribution in [-0.4, -0.2) is 22.0 Å². The number of hydrogen-bond donors (Lipinski definition) is 1. The van der Waals surface area contributed by atoms with E-state index >= 15 is 0 Å². The van der Waals surface area contributed by atoms with Gasteiger partial charge in [-0.3, -0.25) is 4.40 Å². The zero-order valence-corrected chi connectivity index (χ0v) is 11.6. The van der Waals surface area contributed by atoms with Crippen molar-refractivity contribution in [2.24, 2.45) is 0 Å². The molecule has 0 aliphatic rings. The van der Waals surface area contributed by atoms with E-state index in [-0.39, 0.29) is 0 Å². The molecule has 5 heteroatoms. The van der Waals surface area contributed by atoms with E-state index in [1.165, 1.54) is 0 Å². The highest BCUT2D eigenvalue weighted by Gasteiger charge is 2.08. The highest BCUT2D eigenvalue weighted by Crippen LogP contribution is 2.22. The molecule has 0 aliphatic carbocycles. The number of hydrogen-bond acceptors (Lipinski definition) is 3. The standard InChI is InChI=1S/C12H16ClN3S/c1-3-6-14-9(2)4-5-10-11(13)15-12-16(10)7-8-17-12/h4-5,7-9,14H,3,6H2,1-2H3/b5-4+. The number of halogens is 1. The molecule has 0 amide bonds. The fourth-order valence-corrected chi connectivity index (χ4v) is 2.61. The van der Waals surface area contributed by atoms with Gasteiger partial charge >= 0.3 is 0 Å². The first kappa shape index (κ1) is 12.6. The van der Waals surface area contributed by atoms with Gasteiger partial charge in [-0.05, 0) is 26.0 Å². The van der Waals surface area contributed by atoms with Crippen molar-refractivity contribution in [2.75, 3.05) is 6.54 Å². The topological polar surface area (TPSA) is 29.3 Å². The minimum absolute atomic E-state index is 0.343. The van der Waals surface area contributed by atoms with Crippen LogP contribution in [0.15, 0.2) is 17.7 Å². The summed E-state index contributed by atoms with van der Waals surface area (Å²) < 4.78 is 2.01. The quantitative estimate of drug-likeness (QED) is 0.901. The molecule has 2 heterocycles. The lowest BCUT2D eigenvalue weighted by molar-refractivity contribution is 0.625. The summed E-state index contributed by atoms with van der Waals surface area (Å²) in [5, 5.41) is 5.97. The molecule has 2 aromatic heterocycles. The Morgan fingerprint density at radius 2 is 2.47 bits per heavy atom. The van der Waals surface area contributed by atoms with E-state index in [2.05, 4.69) is 30.2 Å². The van der Waals surface area contributed by atoms with Crippen LogP contribution >= 0.6 is 22.9 Å². The Labute approximate surface area is 110 Å². The SMILES string of the molecule is CCCNC(C)/C=C/c1c(Cl)nc2sccn12. The first-order valence-electron chi connectivity index (χ1n) is 5.75. The maximum atomic E-state index is 6.10. The molecule has 1 N–H and O–H groups in total. The van der Waals surface area contributed by atoms with Gasteiger partial charge in [-0.25, -0.2) is 4.98 Å². The highest BCUT2D eigenvalue weighted by molar-refractivity contribution is 7.15. The van der Waals surface area contributed by atoms with Gasteiger partial charge in [0, 0.05) is 17.6 Å². The van der Waals surface area contributed by atoms with E-state index in [1.807, 2.05) is 22.1 Å². The third kappa shape index (κ3) is 2.89. The van der Waals surface area contributed by atoms with Gasteiger partial charge in [-0.2, -0.15) is 0 Å². The van der Waals surface area contributed by atoms with Crippen molar-refractivity contribution in [2.45, 2.75) is 26.3 Å². The van der Waals surface area contributed by atoms with Gasteiger partial charge in [0.1, 0.15) is 0 Å². The zero-order valence-electron chi connectivity index (χ0n) is 9.98. The molecule has 0 aliphatic heterocycles. The fraction of sp³-hybridized carbons (Fsp3) is 0.417. The van der Waals surface area contributed by atoms with Gasteiger partial charge in [0.15, 0.2) is 10.1 Å². The molecule has 0 saturated carbocycles. The Hall–Kier alpha value is -0.840. The summed E-state index contributed by atoms with van der Waals surface area (Å²) in [6, 6.07) is 0.343. The Kier molecular flexibility index (Phi) is 4.20. The lowest BCUT2D eigenvalue weighted by atomic mass is 10.2. The average molecular weight is 270 g/mol. The zero-order chi connectivity index (χ0) is 12.3. The maximum absolute atomic E-state index is 6.10. The number of thiazole rings is 1. The average Bonchev–Trinajstić information content (AvgIpc) is 2.84. The summed E-state index contributed by atoms with van der Waals surface area (Å²) in [5.41, 5.74) is 0.952. The van der Waals surface area contributed by atoms with E-state index in [9.17, 15) is 0 Å². The second kappa shape index (κ2) is 5.67. The lowest BCUT2D eigenvalue weighted by Gasteiger charge is -2.07. The highest BCUT2D eigenvalue weighted by atomic mass is 35.5. The maximum Gasteiger partial charge on any atom is 0.195 e.